The van der Waals surface area contributed by atoms with E-state index in [2.05, 4.69) is 0 Å². The second-order valence-electron chi connectivity index (χ2n) is 4.46. The number of nitrogens with zero attached hydrogens (tertiary/aromatic N) is 2. The van der Waals surface area contributed by atoms with E-state index in [1.165, 1.54) is 17.0 Å². The second-order valence-corrected chi connectivity index (χ2v) is 4.46. The summed E-state index contributed by atoms with van der Waals surface area (Å²) in [7, 11) is 1.68. The Morgan fingerprint density at radius 1 is 1.15 bits per heavy atom. The van der Waals surface area contributed by atoms with Gasteiger partial charge in [0.1, 0.15) is 0 Å². The molecule has 0 radical (unpaired) electrons. The number of nitro groups is 1. The lowest BCUT2D eigenvalue weighted by molar-refractivity contribution is -0.385. The molecule has 1 amide bonds. The number of carbonyl (C=O) groups excluding carboxylic acids is 1. The number of nitro benzene ring substituents is 1. The van der Waals surface area contributed by atoms with E-state index >= 15 is 0 Å². The van der Waals surface area contributed by atoms with Gasteiger partial charge in [0, 0.05) is 29.9 Å². The molecule has 0 saturated carbocycles. The molecule has 0 heterocycles. The second kappa shape index (κ2) is 5.52. The van der Waals surface area contributed by atoms with Crippen LogP contribution in [0.5, 0.6) is 0 Å². The van der Waals surface area contributed by atoms with Crippen molar-refractivity contribution in [2.45, 2.75) is 6.92 Å². The van der Waals surface area contributed by atoms with Crippen molar-refractivity contribution in [3.63, 3.8) is 0 Å². The number of hydrogen-bond acceptors (Lipinski definition) is 3. The molecule has 102 valence electrons. The van der Waals surface area contributed by atoms with Crippen LogP contribution in [-0.2, 0) is 0 Å². The van der Waals surface area contributed by atoms with Gasteiger partial charge in [-0.1, -0.05) is 18.2 Å². The van der Waals surface area contributed by atoms with E-state index in [1.54, 1.807) is 20.0 Å². The predicted molar refractivity (Wildman–Crippen MR) is 77.0 cm³/mol. The third-order valence-corrected chi connectivity index (χ3v) is 3.09. The Hall–Kier alpha value is -2.69. The van der Waals surface area contributed by atoms with Crippen molar-refractivity contribution in [3.05, 3.63) is 69.8 Å². The van der Waals surface area contributed by atoms with Crippen molar-refractivity contribution in [1.82, 2.24) is 0 Å². The Labute approximate surface area is 116 Å². The topological polar surface area (TPSA) is 63.5 Å². The molecule has 0 bridgehead atoms. The van der Waals surface area contributed by atoms with Crippen LogP contribution in [0.3, 0.4) is 0 Å². The van der Waals surface area contributed by atoms with E-state index < -0.39 is 4.92 Å². The maximum Gasteiger partial charge on any atom is 0.272 e. The third kappa shape index (κ3) is 2.66. The quantitative estimate of drug-likeness (QED) is 0.635. The minimum Gasteiger partial charge on any atom is -0.311 e. The SMILES string of the molecule is Cc1cc(C(=O)N(C)c2ccccc2)ccc1[N+](=O)[O-]. The number of benzene rings is 2. The molecule has 0 unspecified atom stereocenters. The first-order chi connectivity index (χ1) is 9.50. The monoisotopic (exact) mass is 270 g/mol. The number of hydrogen-bond donors (Lipinski definition) is 0. The first-order valence-corrected chi connectivity index (χ1v) is 6.09. The van der Waals surface area contributed by atoms with Crippen LogP contribution in [0.15, 0.2) is 48.5 Å². The summed E-state index contributed by atoms with van der Waals surface area (Å²) in [5.41, 5.74) is 1.69. The van der Waals surface area contributed by atoms with Gasteiger partial charge in [-0.05, 0) is 31.2 Å². The van der Waals surface area contributed by atoms with Crippen LogP contribution in [0.4, 0.5) is 11.4 Å². The van der Waals surface area contributed by atoms with Gasteiger partial charge in [-0.3, -0.25) is 14.9 Å². The molecule has 20 heavy (non-hydrogen) atoms. The number of aryl methyl sites for hydroxylation is 1. The van der Waals surface area contributed by atoms with E-state index in [4.69, 9.17) is 0 Å². The summed E-state index contributed by atoms with van der Waals surface area (Å²) in [4.78, 5) is 24.2. The molecular weight excluding hydrogens is 256 g/mol. The Morgan fingerprint density at radius 3 is 2.35 bits per heavy atom. The molecule has 2 aromatic rings. The standard InChI is InChI=1S/C15H14N2O3/c1-11-10-12(8-9-14(11)17(19)20)15(18)16(2)13-6-4-3-5-7-13/h3-10H,1-2H3. The molecule has 0 saturated heterocycles. The third-order valence-electron chi connectivity index (χ3n) is 3.09. The largest absolute Gasteiger partial charge is 0.311 e. The number of carbonyl (C=O) groups is 1. The summed E-state index contributed by atoms with van der Waals surface area (Å²) in [6, 6.07) is 13.6. The Morgan fingerprint density at radius 2 is 1.80 bits per heavy atom. The van der Waals surface area contributed by atoms with E-state index in [-0.39, 0.29) is 11.6 Å². The Kier molecular flexibility index (Phi) is 3.79. The molecule has 0 aliphatic carbocycles. The maximum absolute atomic E-state index is 12.3. The minimum atomic E-state index is -0.454. The highest BCUT2D eigenvalue weighted by molar-refractivity contribution is 6.05. The van der Waals surface area contributed by atoms with Gasteiger partial charge in [0.05, 0.1) is 4.92 Å². The zero-order valence-corrected chi connectivity index (χ0v) is 11.2. The zero-order chi connectivity index (χ0) is 14.7. The van der Waals surface area contributed by atoms with Crippen LogP contribution in [0, 0.1) is 17.0 Å². The smallest absolute Gasteiger partial charge is 0.272 e. The average Bonchev–Trinajstić information content (AvgIpc) is 2.46. The van der Waals surface area contributed by atoms with Crippen molar-refractivity contribution in [2.75, 3.05) is 11.9 Å². The lowest BCUT2D eigenvalue weighted by atomic mass is 10.1. The van der Waals surface area contributed by atoms with Crippen molar-refractivity contribution >= 4 is 17.3 Å². The van der Waals surface area contributed by atoms with Gasteiger partial charge in [-0.25, -0.2) is 0 Å². The van der Waals surface area contributed by atoms with Gasteiger partial charge in [-0.15, -0.1) is 0 Å². The van der Waals surface area contributed by atoms with Crippen molar-refractivity contribution < 1.29 is 9.72 Å². The minimum absolute atomic E-state index is 0.0175. The molecular formula is C15H14N2O3. The number of para-hydroxylation sites is 1. The zero-order valence-electron chi connectivity index (χ0n) is 11.2. The summed E-state index contributed by atoms with van der Waals surface area (Å²) < 4.78 is 0. The number of anilines is 1. The maximum atomic E-state index is 12.3. The van der Waals surface area contributed by atoms with Gasteiger partial charge < -0.3 is 4.90 Å². The average molecular weight is 270 g/mol. The fourth-order valence-corrected chi connectivity index (χ4v) is 1.96. The number of amides is 1. The summed E-state index contributed by atoms with van der Waals surface area (Å²) in [6.45, 7) is 1.62. The molecule has 0 atom stereocenters. The summed E-state index contributed by atoms with van der Waals surface area (Å²) in [5.74, 6) is -0.200. The van der Waals surface area contributed by atoms with Crippen molar-refractivity contribution in [1.29, 1.82) is 0 Å². The van der Waals surface area contributed by atoms with Gasteiger partial charge in [-0.2, -0.15) is 0 Å². The van der Waals surface area contributed by atoms with E-state index in [1.807, 2.05) is 30.3 Å². The Bertz CT molecular complexity index is 653. The van der Waals surface area contributed by atoms with Gasteiger partial charge in [0.25, 0.3) is 11.6 Å². The van der Waals surface area contributed by atoms with E-state index in [0.29, 0.717) is 11.1 Å². The van der Waals surface area contributed by atoms with Crippen LogP contribution < -0.4 is 4.90 Å². The fourth-order valence-electron chi connectivity index (χ4n) is 1.96. The summed E-state index contributed by atoms with van der Waals surface area (Å²) >= 11 is 0. The predicted octanol–water partition coefficient (Wildman–Crippen LogP) is 3.18. The highest BCUT2D eigenvalue weighted by atomic mass is 16.6. The van der Waals surface area contributed by atoms with Gasteiger partial charge in [0.2, 0.25) is 0 Å². The van der Waals surface area contributed by atoms with E-state index in [0.717, 1.165) is 5.69 Å². The lowest BCUT2D eigenvalue weighted by Crippen LogP contribution is -2.26. The van der Waals surface area contributed by atoms with Gasteiger partial charge in [0.15, 0.2) is 0 Å². The summed E-state index contributed by atoms with van der Waals surface area (Å²) in [6.07, 6.45) is 0. The van der Waals surface area contributed by atoms with E-state index in [9.17, 15) is 14.9 Å². The fraction of sp³-hybridized carbons (Fsp3) is 0.133. The molecule has 5 nitrogen and oxygen atoms in total. The normalized spacial score (nSPS) is 10.1. The highest BCUT2D eigenvalue weighted by Crippen LogP contribution is 2.21. The lowest BCUT2D eigenvalue weighted by Gasteiger charge is -2.17. The highest BCUT2D eigenvalue weighted by Gasteiger charge is 2.17. The first-order valence-electron chi connectivity index (χ1n) is 6.09. The summed E-state index contributed by atoms with van der Waals surface area (Å²) in [5, 5.41) is 10.8. The number of rotatable bonds is 3. The molecule has 0 aromatic heterocycles. The molecule has 2 aromatic carbocycles. The van der Waals surface area contributed by atoms with Crippen molar-refractivity contribution in [2.24, 2.45) is 0 Å². The Balaban J connectivity index is 2.30. The molecule has 0 spiro atoms. The van der Waals surface area contributed by atoms with Crippen LogP contribution in [0.1, 0.15) is 15.9 Å². The molecule has 0 aliphatic heterocycles. The molecule has 0 fully saturated rings. The molecule has 2 rings (SSSR count). The van der Waals surface area contributed by atoms with Crippen LogP contribution in [-0.4, -0.2) is 17.9 Å². The first kappa shape index (κ1) is 13.7. The van der Waals surface area contributed by atoms with Gasteiger partial charge >= 0.3 is 0 Å². The van der Waals surface area contributed by atoms with Crippen LogP contribution >= 0.6 is 0 Å². The molecule has 0 N–H and O–H groups in total. The van der Waals surface area contributed by atoms with Crippen LogP contribution in [0.2, 0.25) is 0 Å². The molecule has 0 aliphatic rings. The van der Waals surface area contributed by atoms with Crippen LogP contribution in [0.25, 0.3) is 0 Å². The van der Waals surface area contributed by atoms with Crippen molar-refractivity contribution in [3.8, 4) is 0 Å². The molecule has 5 heteroatoms.